The first kappa shape index (κ1) is 18.5. The number of benzene rings is 2. The van der Waals surface area contributed by atoms with Gasteiger partial charge in [-0.25, -0.2) is 9.97 Å². The first-order valence-electron chi connectivity index (χ1n) is 8.74. The van der Waals surface area contributed by atoms with E-state index in [2.05, 4.69) is 30.8 Å². The summed E-state index contributed by atoms with van der Waals surface area (Å²) in [6.45, 7) is 0. The number of aromatic nitrogens is 4. The second-order valence-electron chi connectivity index (χ2n) is 6.10. The highest BCUT2D eigenvalue weighted by Gasteiger charge is 2.09. The van der Waals surface area contributed by atoms with Gasteiger partial charge in [-0.2, -0.15) is 5.10 Å². The maximum absolute atomic E-state index is 12.1. The van der Waals surface area contributed by atoms with E-state index < -0.39 is 0 Å². The summed E-state index contributed by atoms with van der Waals surface area (Å²) < 4.78 is 5.80. The summed E-state index contributed by atoms with van der Waals surface area (Å²) >= 11 is 5.21. The summed E-state index contributed by atoms with van der Waals surface area (Å²) in [5.74, 6) is 0.825. The van der Waals surface area contributed by atoms with Gasteiger partial charge >= 0.3 is 0 Å². The lowest BCUT2D eigenvalue weighted by molar-refractivity contribution is -0.119. The average Bonchev–Trinajstić information content (AvgIpc) is 3.20. The smallest absolute Gasteiger partial charge is 0.233 e. The Hall–Kier alpha value is -3.85. The SMILES string of the molecule is O=C(Cc1ccccc1)NC(=S)Nc1ccc(Oc2ncnc3[nH]ncc23)cc1. The van der Waals surface area contributed by atoms with E-state index in [0.717, 1.165) is 11.3 Å². The molecule has 29 heavy (non-hydrogen) atoms. The van der Waals surface area contributed by atoms with E-state index in [1.54, 1.807) is 30.5 Å². The topological polar surface area (TPSA) is 105 Å². The lowest BCUT2D eigenvalue weighted by Gasteiger charge is -2.10. The van der Waals surface area contributed by atoms with Gasteiger partial charge in [-0.05, 0) is 42.0 Å². The third kappa shape index (κ3) is 4.71. The minimum Gasteiger partial charge on any atom is -0.438 e. The molecule has 0 spiro atoms. The van der Waals surface area contributed by atoms with Crippen LogP contribution in [-0.2, 0) is 11.2 Å². The van der Waals surface area contributed by atoms with Crippen LogP contribution in [0, 0.1) is 0 Å². The van der Waals surface area contributed by atoms with E-state index in [1.807, 2.05) is 30.3 Å². The molecule has 3 N–H and O–H groups in total. The van der Waals surface area contributed by atoms with Gasteiger partial charge in [-0.15, -0.1) is 0 Å². The van der Waals surface area contributed by atoms with Crippen LogP contribution in [0.1, 0.15) is 5.56 Å². The third-order valence-electron chi connectivity index (χ3n) is 4.00. The minimum absolute atomic E-state index is 0.179. The van der Waals surface area contributed by atoms with Gasteiger partial charge in [0.25, 0.3) is 0 Å². The summed E-state index contributed by atoms with van der Waals surface area (Å²) in [6, 6.07) is 16.6. The van der Waals surface area contributed by atoms with Gasteiger partial charge in [-0.3, -0.25) is 9.89 Å². The number of rotatable bonds is 5. The van der Waals surface area contributed by atoms with Gasteiger partial charge in [0, 0.05) is 5.69 Å². The van der Waals surface area contributed by atoms with Gasteiger partial charge < -0.3 is 15.4 Å². The first-order valence-corrected chi connectivity index (χ1v) is 9.15. The highest BCUT2D eigenvalue weighted by molar-refractivity contribution is 7.80. The summed E-state index contributed by atoms with van der Waals surface area (Å²) in [5, 5.41) is 13.3. The maximum atomic E-state index is 12.1. The third-order valence-corrected chi connectivity index (χ3v) is 4.20. The Labute approximate surface area is 171 Å². The standard InChI is InChI=1S/C20H16N6O2S/c27-17(10-13-4-2-1-3-5-13)25-20(29)24-14-6-8-15(9-7-14)28-19-16-11-23-26-18(16)21-12-22-19/h1-9,11-12H,10H2,(H,21,22,23,26)(H2,24,25,27,29). The van der Waals surface area contributed by atoms with Gasteiger partial charge in [0.05, 0.1) is 12.6 Å². The van der Waals surface area contributed by atoms with Crippen LogP contribution in [0.25, 0.3) is 11.0 Å². The van der Waals surface area contributed by atoms with Crippen LogP contribution < -0.4 is 15.4 Å². The van der Waals surface area contributed by atoms with Crippen LogP contribution in [0.5, 0.6) is 11.6 Å². The summed E-state index contributed by atoms with van der Waals surface area (Å²) in [6.07, 6.45) is 3.27. The van der Waals surface area contributed by atoms with Crippen molar-refractivity contribution >= 4 is 40.0 Å². The lowest BCUT2D eigenvalue weighted by atomic mass is 10.1. The number of amides is 1. The van der Waals surface area contributed by atoms with Crippen molar-refractivity contribution in [2.24, 2.45) is 0 Å². The van der Waals surface area contributed by atoms with Crippen molar-refractivity contribution in [1.29, 1.82) is 0 Å². The van der Waals surface area contributed by atoms with Crippen LogP contribution in [0.3, 0.4) is 0 Å². The molecule has 9 heteroatoms. The highest BCUT2D eigenvalue weighted by atomic mass is 32.1. The second kappa shape index (κ2) is 8.44. The molecular formula is C20H16N6O2S. The first-order chi connectivity index (χ1) is 14.2. The monoisotopic (exact) mass is 404 g/mol. The molecule has 0 aliphatic rings. The number of ether oxygens (including phenoxy) is 1. The van der Waals surface area contributed by atoms with E-state index in [0.29, 0.717) is 22.7 Å². The molecule has 144 valence electrons. The number of hydrogen-bond donors (Lipinski definition) is 3. The largest absolute Gasteiger partial charge is 0.438 e. The fraction of sp³-hybridized carbons (Fsp3) is 0.0500. The molecule has 0 fully saturated rings. The zero-order chi connectivity index (χ0) is 20.1. The Bertz CT molecular complexity index is 1140. The fourth-order valence-corrected chi connectivity index (χ4v) is 2.89. The number of H-pyrrole nitrogens is 1. The average molecular weight is 404 g/mol. The molecule has 0 saturated heterocycles. The molecule has 2 aromatic heterocycles. The van der Waals surface area contributed by atoms with E-state index in [9.17, 15) is 4.79 Å². The van der Waals surface area contributed by atoms with Crippen LogP contribution in [0.4, 0.5) is 5.69 Å². The van der Waals surface area contributed by atoms with Crippen LogP contribution in [0.2, 0.25) is 0 Å². The van der Waals surface area contributed by atoms with Crippen molar-refractivity contribution in [2.45, 2.75) is 6.42 Å². The second-order valence-corrected chi connectivity index (χ2v) is 6.51. The van der Waals surface area contributed by atoms with Gasteiger partial charge in [0.2, 0.25) is 11.8 Å². The van der Waals surface area contributed by atoms with E-state index in [4.69, 9.17) is 17.0 Å². The molecule has 0 saturated carbocycles. The zero-order valence-electron chi connectivity index (χ0n) is 15.1. The molecule has 0 bridgehead atoms. The Kier molecular flexibility index (Phi) is 5.39. The van der Waals surface area contributed by atoms with E-state index in [1.165, 1.54) is 6.33 Å². The predicted octanol–water partition coefficient (Wildman–Crippen LogP) is 3.20. The van der Waals surface area contributed by atoms with Crippen molar-refractivity contribution in [3.05, 3.63) is 72.7 Å². The number of nitrogens with one attached hydrogen (secondary N) is 3. The van der Waals surface area contributed by atoms with Gasteiger partial charge in [0.1, 0.15) is 17.5 Å². The van der Waals surface area contributed by atoms with Gasteiger partial charge in [-0.1, -0.05) is 30.3 Å². The van der Waals surface area contributed by atoms with Crippen molar-refractivity contribution < 1.29 is 9.53 Å². The van der Waals surface area contributed by atoms with Gasteiger partial charge in [0.15, 0.2) is 10.8 Å². The maximum Gasteiger partial charge on any atom is 0.233 e. The van der Waals surface area contributed by atoms with Crippen molar-refractivity contribution in [3.8, 4) is 11.6 Å². The Morgan fingerprint density at radius 2 is 1.86 bits per heavy atom. The quantitative estimate of drug-likeness (QED) is 0.439. The zero-order valence-corrected chi connectivity index (χ0v) is 15.9. The summed E-state index contributed by atoms with van der Waals surface area (Å²) in [5.41, 5.74) is 2.24. The number of anilines is 1. The molecule has 2 heterocycles. The molecule has 0 atom stereocenters. The normalized spacial score (nSPS) is 10.5. The molecule has 4 aromatic rings. The molecule has 0 aliphatic carbocycles. The number of carbonyl (C=O) groups is 1. The fourth-order valence-electron chi connectivity index (χ4n) is 2.66. The molecule has 1 amide bonds. The minimum atomic E-state index is -0.179. The van der Waals surface area contributed by atoms with Crippen molar-refractivity contribution in [1.82, 2.24) is 25.5 Å². The van der Waals surface area contributed by atoms with Crippen molar-refractivity contribution in [3.63, 3.8) is 0 Å². The molecule has 0 unspecified atom stereocenters. The Morgan fingerprint density at radius 3 is 2.66 bits per heavy atom. The molecule has 2 aromatic carbocycles. The predicted molar refractivity (Wildman–Crippen MR) is 113 cm³/mol. The Balaban J connectivity index is 1.34. The van der Waals surface area contributed by atoms with Crippen LogP contribution >= 0.6 is 12.2 Å². The van der Waals surface area contributed by atoms with Crippen molar-refractivity contribution in [2.75, 3.05) is 5.32 Å². The molecule has 0 radical (unpaired) electrons. The highest BCUT2D eigenvalue weighted by Crippen LogP contribution is 2.26. The van der Waals surface area contributed by atoms with Crippen LogP contribution in [0.15, 0.2) is 67.1 Å². The van der Waals surface area contributed by atoms with Crippen LogP contribution in [-0.4, -0.2) is 31.2 Å². The van der Waals surface area contributed by atoms with E-state index in [-0.39, 0.29) is 17.4 Å². The molecule has 8 nitrogen and oxygen atoms in total. The number of aromatic amines is 1. The van der Waals surface area contributed by atoms with E-state index >= 15 is 0 Å². The molecule has 0 aliphatic heterocycles. The summed E-state index contributed by atoms with van der Waals surface area (Å²) in [7, 11) is 0. The number of fused-ring (bicyclic) bond motifs is 1. The summed E-state index contributed by atoms with van der Waals surface area (Å²) in [4.78, 5) is 20.3. The lowest BCUT2D eigenvalue weighted by Crippen LogP contribution is -2.35. The molecule has 4 rings (SSSR count). The Morgan fingerprint density at radius 1 is 1.07 bits per heavy atom. The number of carbonyl (C=O) groups excluding carboxylic acids is 1. The number of thiocarbonyl (C=S) groups is 1. The number of nitrogens with zero attached hydrogens (tertiary/aromatic N) is 3. The number of hydrogen-bond acceptors (Lipinski definition) is 6. The molecular weight excluding hydrogens is 388 g/mol.